The molecule has 0 fully saturated rings. The zero-order chi connectivity index (χ0) is 34.8. The van der Waals surface area contributed by atoms with Crippen LogP contribution in [0.5, 0.6) is 0 Å². The van der Waals surface area contributed by atoms with Gasteiger partial charge < -0.3 is 9.80 Å². The number of fused-ring (bicyclic) bond motifs is 6. The van der Waals surface area contributed by atoms with Crippen molar-refractivity contribution in [2.75, 3.05) is 9.80 Å². The van der Waals surface area contributed by atoms with Gasteiger partial charge in [-0.05, 0) is 84.9 Å². The number of hydrogen-bond acceptors (Lipinski definition) is 10. The minimum absolute atomic E-state index is 0.0194. The van der Waals surface area contributed by atoms with Crippen molar-refractivity contribution in [1.82, 2.24) is 0 Å². The molecule has 0 aromatic heterocycles. The smallest absolute Gasteiger partial charge is 0.210 e. The average molecular weight is 739 g/mol. The summed E-state index contributed by atoms with van der Waals surface area (Å²) in [5, 5.41) is 0. The van der Waals surface area contributed by atoms with Gasteiger partial charge in [-0.1, -0.05) is 48.5 Å². The number of anilines is 6. The van der Waals surface area contributed by atoms with E-state index in [1.807, 2.05) is 0 Å². The zero-order valence-corrected chi connectivity index (χ0v) is 28.8. The number of nitrogens with zero attached hydrogens (tertiary/aromatic N) is 2. The van der Waals surface area contributed by atoms with Crippen LogP contribution in [0.15, 0.2) is 173 Å². The number of para-hydroxylation sites is 4. The Labute approximate surface area is 288 Å². The molecule has 3 heterocycles. The summed E-state index contributed by atoms with van der Waals surface area (Å²) < 4.78 is 111. The van der Waals surface area contributed by atoms with E-state index >= 15 is 0 Å². The molecule has 0 radical (unpaired) electrons. The van der Waals surface area contributed by atoms with Crippen molar-refractivity contribution in [3.05, 3.63) is 133 Å². The Bertz CT molecular complexity index is 2670. The fourth-order valence-electron chi connectivity index (χ4n) is 6.90. The molecule has 0 spiro atoms. The summed E-state index contributed by atoms with van der Waals surface area (Å²) in [6, 6.07) is 33.2. The van der Waals surface area contributed by atoms with Crippen molar-refractivity contribution in [2.24, 2.45) is 0 Å². The normalized spacial score (nSPS) is 18.0. The Morgan fingerprint density at radius 2 is 0.540 bits per heavy atom. The van der Waals surface area contributed by atoms with Crippen LogP contribution >= 0.6 is 0 Å². The molecule has 3 aliphatic rings. The van der Waals surface area contributed by atoms with Crippen LogP contribution in [-0.2, 0) is 39.3 Å². The van der Waals surface area contributed by atoms with Gasteiger partial charge in [-0.2, -0.15) is 0 Å². The summed E-state index contributed by atoms with van der Waals surface area (Å²) in [5.41, 5.74) is 1.59. The molecular weight excluding hydrogens is 717 g/mol. The molecular formula is C36H22N2O8S4. The van der Waals surface area contributed by atoms with Gasteiger partial charge in [-0.25, -0.2) is 33.7 Å². The number of sulfone groups is 4. The molecule has 6 aromatic rings. The highest BCUT2D eigenvalue weighted by Gasteiger charge is 2.42. The maximum Gasteiger partial charge on any atom is 0.210 e. The van der Waals surface area contributed by atoms with E-state index in [1.54, 1.807) is 82.6 Å². The van der Waals surface area contributed by atoms with Crippen LogP contribution in [0.4, 0.5) is 34.1 Å². The van der Waals surface area contributed by atoms with Crippen LogP contribution in [0.1, 0.15) is 0 Å². The Morgan fingerprint density at radius 1 is 0.280 bits per heavy atom. The first kappa shape index (κ1) is 30.8. The van der Waals surface area contributed by atoms with E-state index in [1.165, 1.54) is 60.7 Å². The molecule has 0 saturated heterocycles. The molecule has 248 valence electrons. The summed E-state index contributed by atoms with van der Waals surface area (Å²) in [7, 11) is -16.7. The molecule has 14 heteroatoms. The van der Waals surface area contributed by atoms with Crippen LogP contribution in [0.3, 0.4) is 0 Å². The van der Waals surface area contributed by atoms with Gasteiger partial charge in [0.15, 0.2) is 0 Å². The molecule has 0 amide bonds. The Kier molecular flexibility index (Phi) is 6.24. The van der Waals surface area contributed by atoms with Crippen molar-refractivity contribution >= 4 is 73.5 Å². The SMILES string of the molecule is O=S1(=O)c2ccccc2N(c2ccc3c(c2)S(=O)(=O)c2cc(N4c5ccccc5S(=O)(=O)c5ccccc54)ccc2S3(=O)=O)c2ccccc21. The van der Waals surface area contributed by atoms with E-state index in [-0.39, 0.29) is 53.7 Å². The quantitative estimate of drug-likeness (QED) is 0.184. The van der Waals surface area contributed by atoms with E-state index in [9.17, 15) is 33.7 Å². The lowest BCUT2D eigenvalue weighted by Crippen LogP contribution is -2.25. The Hall–Kier alpha value is -5.28. The van der Waals surface area contributed by atoms with Crippen molar-refractivity contribution in [3.63, 3.8) is 0 Å². The lowest BCUT2D eigenvalue weighted by Gasteiger charge is -2.34. The highest BCUT2D eigenvalue weighted by molar-refractivity contribution is 7.97. The van der Waals surface area contributed by atoms with Crippen LogP contribution in [0.2, 0.25) is 0 Å². The third-order valence-electron chi connectivity index (χ3n) is 9.11. The molecule has 9 rings (SSSR count). The minimum Gasteiger partial charge on any atom is -0.308 e. The summed E-state index contributed by atoms with van der Waals surface area (Å²) >= 11 is 0. The van der Waals surface area contributed by atoms with E-state index in [4.69, 9.17) is 0 Å². The van der Waals surface area contributed by atoms with Gasteiger partial charge >= 0.3 is 0 Å². The van der Waals surface area contributed by atoms with E-state index in [0.29, 0.717) is 0 Å². The molecule has 0 saturated carbocycles. The molecule has 0 aliphatic carbocycles. The lowest BCUT2D eigenvalue weighted by molar-refractivity contribution is 0.570. The van der Waals surface area contributed by atoms with Crippen LogP contribution in [0, 0.1) is 0 Å². The summed E-state index contributed by atoms with van der Waals surface area (Å²) in [6.45, 7) is 0. The van der Waals surface area contributed by atoms with Gasteiger partial charge in [0.25, 0.3) is 0 Å². The predicted molar refractivity (Wildman–Crippen MR) is 184 cm³/mol. The first-order valence-corrected chi connectivity index (χ1v) is 21.0. The van der Waals surface area contributed by atoms with Crippen molar-refractivity contribution in [3.8, 4) is 0 Å². The average Bonchev–Trinajstić information content (AvgIpc) is 3.11. The largest absolute Gasteiger partial charge is 0.308 e. The number of benzene rings is 6. The van der Waals surface area contributed by atoms with E-state index in [2.05, 4.69) is 0 Å². The summed E-state index contributed by atoms with van der Waals surface area (Å²) in [6.07, 6.45) is 0. The second kappa shape index (κ2) is 10.1. The first-order chi connectivity index (χ1) is 23.8. The standard InChI is InChI=1S/C36H22N2O8S4/c39-47(40)29-13-5-1-9-25(29)37(26-10-2-6-14-30(26)47)23-17-19-33-35(21-23)50(45,46)36-22-24(18-20-34(36)49(33,43)44)38-27-11-3-7-15-31(27)48(41,42)32-16-8-4-12-28(32)38/h1-22H. The van der Waals surface area contributed by atoms with E-state index in [0.717, 1.165) is 0 Å². The van der Waals surface area contributed by atoms with Gasteiger partial charge in [-0.3, -0.25) is 0 Å². The Balaban J connectivity index is 1.25. The third kappa shape index (κ3) is 3.98. The topological polar surface area (TPSA) is 143 Å². The molecule has 50 heavy (non-hydrogen) atoms. The fourth-order valence-corrected chi connectivity index (χ4v) is 14.3. The van der Waals surface area contributed by atoms with Gasteiger partial charge in [0.1, 0.15) is 0 Å². The number of rotatable bonds is 2. The second-order valence-electron chi connectivity index (χ2n) is 11.8. The van der Waals surface area contributed by atoms with Gasteiger partial charge in [0, 0.05) is 11.4 Å². The molecule has 0 unspecified atom stereocenters. The molecule has 3 aliphatic heterocycles. The lowest BCUT2D eigenvalue weighted by atomic mass is 10.2. The van der Waals surface area contributed by atoms with Gasteiger partial charge in [-0.15, -0.1) is 0 Å². The van der Waals surface area contributed by atoms with Crippen molar-refractivity contribution in [1.29, 1.82) is 0 Å². The maximum atomic E-state index is 14.5. The van der Waals surface area contributed by atoms with Gasteiger partial charge in [0.2, 0.25) is 39.3 Å². The summed E-state index contributed by atoms with van der Waals surface area (Å²) in [4.78, 5) is 1.52. The highest BCUT2D eigenvalue weighted by atomic mass is 32.2. The van der Waals surface area contributed by atoms with Crippen LogP contribution < -0.4 is 9.80 Å². The molecule has 0 atom stereocenters. The Morgan fingerprint density at radius 3 is 0.860 bits per heavy atom. The summed E-state index contributed by atoms with van der Waals surface area (Å²) in [5.74, 6) is 0. The van der Waals surface area contributed by atoms with Crippen molar-refractivity contribution in [2.45, 2.75) is 39.2 Å². The predicted octanol–water partition coefficient (Wildman–Crippen LogP) is 6.90. The monoisotopic (exact) mass is 738 g/mol. The minimum atomic E-state index is -4.52. The van der Waals surface area contributed by atoms with Crippen LogP contribution in [0.25, 0.3) is 0 Å². The highest BCUT2D eigenvalue weighted by Crippen LogP contribution is 2.52. The molecule has 10 nitrogen and oxygen atoms in total. The molecule has 0 bridgehead atoms. The third-order valence-corrected chi connectivity index (χ3v) is 16.8. The molecule has 0 N–H and O–H groups in total. The van der Waals surface area contributed by atoms with Crippen molar-refractivity contribution < 1.29 is 33.7 Å². The van der Waals surface area contributed by atoms with Crippen LogP contribution in [-0.4, -0.2) is 33.7 Å². The van der Waals surface area contributed by atoms with Gasteiger partial charge in [0.05, 0.1) is 61.9 Å². The van der Waals surface area contributed by atoms with E-state index < -0.39 is 58.9 Å². The number of hydrogen-bond donors (Lipinski definition) is 0. The molecule has 6 aromatic carbocycles. The first-order valence-electron chi connectivity index (χ1n) is 15.1. The maximum absolute atomic E-state index is 14.5. The fraction of sp³-hybridized carbons (Fsp3) is 0. The second-order valence-corrected chi connectivity index (χ2v) is 19.4. The zero-order valence-electron chi connectivity index (χ0n) is 25.5.